The molecule has 242 valence electrons. The third-order valence-electron chi connectivity index (χ3n) is 7.92. The molecule has 0 aliphatic heterocycles. The van der Waals surface area contributed by atoms with E-state index in [9.17, 15) is 27.6 Å². The normalized spacial score (nSPS) is 13.7. The van der Waals surface area contributed by atoms with Crippen LogP contribution in [0.15, 0.2) is 60.7 Å². The monoisotopic (exact) mass is 654 g/mol. The van der Waals surface area contributed by atoms with Crippen LogP contribution in [-0.2, 0) is 17.5 Å². The van der Waals surface area contributed by atoms with E-state index in [1.807, 2.05) is 24.3 Å². The van der Waals surface area contributed by atoms with Gasteiger partial charge in [0.2, 0.25) is 0 Å². The fourth-order valence-corrected chi connectivity index (χ4v) is 6.43. The molecule has 9 nitrogen and oxygen atoms in total. The van der Waals surface area contributed by atoms with Gasteiger partial charge in [-0.15, -0.1) is 0 Å². The number of carboxylic acid groups (broad SMARTS) is 1. The molecular formula is C33H33F3N4O5S. The van der Waals surface area contributed by atoms with Gasteiger partial charge in [-0.2, -0.15) is 13.2 Å². The first-order valence-electron chi connectivity index (χ1n) is 14.8. The molecule has 0 radical (unpaired) electrons. The van der Waals surface area contributed by atoms with E-state index in [1.165, 1.54) is 36.8 Å². The Morgan fingerprint density at radius 1 is 1.02 bits per heavy atom. The summed E-state index contributed by atoms with van der Waals surface area (Å²) in [5.41, 5.74) is 2.00. The zero-order valence-corrected chi connectivity index (χ0v) is 25.8. The molecular weight excluding hydrogens is 621 g/mol. The number of hydrogen-bond acceptors (Lipinski definition) is 6. The largest absolute Gasteiger partial charge is 0.495 e. The number of aliphatic carboxylic acids is 1. The maximum absolute atomic E-state index is 13.8. The number of thiazole rings is 1. The molecule has 13 heteroatoms. The second-order valence-electron chi connectivity index (χ2n) is 11.1. The fraction of sp³-hybridized carbons (Fsp3) is 0.333. The number of carbonyl (C=O) groups excluding carboxylic acids is 2. The molecule has 3 N–H and O–H groups in total. The van der Waals surface area contributed by atoms with E-state index < -0.39 is 29.6 Å². The van der Waals surface area contributed by atoms with Crippen LogP contribution in [0.5, 0.6) is 5.75 Å². The number of hydrogen-bond donors (Lipinski definition) is 3. The lowest BCUT2D eigenvalue weighted by atomic mass is 9.84. The first kappa shape index (κ1) is 32.7. The van der Waals surface area contributed by atoms with Crippen LogP contribution in [0.2, 0.25) is 0 Å². The van der Waals surface area contributed by atoms with E-state index in [2.05, 4.69) is 15.6 Å². The minimum atomic E-state index is -4.59. The summed E-state index contributed by atoms with van der Waals surface area (Å²) in [7, 11) is 1.27. The molecule has 46 heavy (non-hydrogen) atoms. The first-order chi connectivity index (χ1) is 22.0. The lowest BCUT2D eigenvalue weighted by molar-refractivity contribution is -0.138. The van der Waals surface area contributed by atoms with Crippen molar-refractivity contribution in [2.45, 2.75) is 57.2 Å². The Morgan fingerprint density at radius 3 is 2.35 bits per heavy atom. The zero-order valence-electron chi connectivity index (χ0n) is 25.0. The summed E-state index contributed by atoms with van der Waals surface area (Å²) in [4.78, 5) is 42.7. The SMILES string of the molecule is COc1cc(C(F)(F)F)cc2nc(NC(=O)N(Cc3ccc(C(=O)NCCC(=O)O)cc3)c3ccc(C4CCCCC4)cc3)sc12. The Balaban J connectivity index is 1.39. The van der Waals surface area contributed by atoms with Crippen LogP contribution in [0.25, 0.3) is 10.2 Å². The highest BCUT2D eigenvalue weighted by Crippen LogP contribution is 2.40. The summed E-state index contributed by atoms with van der Waals surface area (Å²) >= 11 is 1.01. The molecule has 0 saturated heterocycles. The average molecular weight is 655 g/mol. The highest BCUT2D eigenvalue weighted by Gasteiger charge is 2.32. The van der Waals surface area contributed by atoms with Crippen LogP contribution in [0, 0.1) is 0 Å². The minimum absolute atomic E-state index is 0.00409. The Morgan fingerprint density at radius 2 is 1.72 bits per heavy atom. The maximum Gasteiger partial charge on any atom is 0.416 e. The van der Waals surface area contributed by atoms with Crippen LogP contribution in [-0.4, -0.2) is 41.7 Å². The number of halogens is 3. The van der Waals surface area contributed by atoms with Gasteiger partial charge in [-0.05, 0) is 66.3 Å². The summed E-state index contributed by atoms with van der Waals surface area (Å²) in [6, 6.07) is 15.7. The van der Waals surface area contributed by atoms with Gasteiger partial charge in [-0.25, -0.2) is 9.78 Å². The molecule has 4 aromatic rings. The van der Waals surface area contributed by atoms with Crippen molar-refractivity contribution in [3.63, 3.8) is 0 Å². The van der Waals surface area contributed by atoms with E-state index in [0.717, 1.165) is 36.3 Å². The van der Waals surface area contributed by atoms with E-state index >= 15 is 0 Å². The highest BCUT2D eigenvalue weighted by atomic mass is 32.1. The number of nitrogens with zero attached hydrogens (tertiary/aromatic N) is 2. The van der Waals surface area contributed by atoms with Crippen molar-refractivity contribution in [1.82, 2.24) is 10.3 Å². The predicted molar refractivity (Wildman–Crippen MR) is 170 cm³/mol. The lowest BCUT2D eigenvalue weighted by Gasteiger charge is -2.25. The molecule has 1 aliphatic rings. The molecule has 0 bridgehead atoms. The number of urea groups is 1. The summed E-state index contributed by atoms with van der Waals surface area (Å²) in [6.07, 6.45) is 1.06. The Labute approximate surface area is 267 Å². The molecule has 5 rings (SSSR count). The molecule has 3 aromatic carbocycles. The van der Waals surface area contributed by atoms with Gasteiger partial charge in [-0.1, -0.05) is 54.9 Å². The molecule has 1 fully saturated rings. The van der Waals surface area contributed by atoms with Crippen molar-refractivity contribution in [3.8, 4) is 5.75 Å². The summed E-state index contributed by atoms with van der Waals surface area (Å²) in [5, 5.41) is 14.2. The van der Waals surface area contributed by atoms with Crippen molar-refractivity contribution in [1.29, 1.82) is 0 Å². The maximum atomic E-state index is 13.8. The number of aromatic nitrogens is 1. The van der Waals surface area contributed by atoms with Crippen molar-refractivity contribution in [3.05, 3.63) is 82.9 Å². The topological polar surface area (TPSA) is 121 Å². The number of methoxy groups -OCH3 is 1. The van der Waals surface area contributed by atoms with Crippen LogP contribution in [0.4, 0.5) is 28.8 Å². The number of alkyl halides is 3. The molecule has 3 amide bonds. The second-order valence-corrected chi connectivity index (χ2v) is 12.1. The number of fused-ring (bicyclic) bond motifs is 1. The van der Waals surface area contributed by atoms with Crippen LogP contribution >= 0.6 is 11.3 Å². The van der Waals surface area contributed by atoms with E-state index in [0.29, 0.717) is 27.4 Å². The standard InChI is InChI=1S/C33H33F3N4O5S/c1-45-27-18-24(33(34,35)36)17-26-29(27)46-31(38-26)39-32(44)40(25-13-11-22(12-14-25)21-5-3-2-4-6-21)19-20-7-9-23(10-8-20)30(43)37-16-15-28(41)42/h7-14,17-18,21H,2-6,15-16,19H2,1H3,(H,37,43)(H,41,42)(H,38,39,44). The van der Waals surface area contributed by atoms with E-state index in [-0.39, 0.29) is 35.9 Å². The number of ether oxygens (including phenoxy) is 1. The number of amides is 3. The summed E-state index contributed by atoms with van der Waals surface area (Å²) in [5.74, 6) is -0.957. The van der Waals surface area contributed by atoms with Gasteiger partial charge in [0.25, 0.3) is 5.91 Å². The molecule has 1 heterocycles. The first-order valence-corrected chi connectivity index (χ1v) is 15.7. The average Bonchev–Trinajstić information content (AvgIpc) is 3.45. The quantitative estimate of drug-likeness (QED) is 0.160. The van der Waals surface area contributed by atoms with Gasteiger partial charge in [0.05, 0.1) is 35.9 Å². The van der Waals surface area contributed by atoms with Crippen molar-refractivity contribution in [2.24, 2.45) is 0 Å². The Bertz CT molecular complexity index is 1700. The molecule has 0 atom stereocenters. The van der Waals surface area contributed by atoms with Crippen molar-refractivity contribution >= 4 is 50.3 Å². The van der Waals surface area contributed by atoms with Gasteiger partial charge in [-0.3, -0.25) is 19.8 Å². The molecule has 1 aliphatic carbocycles. The third kappa shape index (κ3) is 7.94. The van der Waals surface area contributed by atoms with Gasteiger partial charge in [0.15, 0.2) is 5.13 Å². The number of nitrogens with one attached hydrogen (secondary N) is 2. The Kier molecular flexibility index (Phi) is 10.1. The smallest absolute Gasteiger partial charge is 0.416 e. The second kappa shape index (κ2) is 14.2. The van der Waals surface area contributed by atoms with Crippen molar-refractivity contribution < 1.29 is 37.4 Å². The van der Waals surface area contributed by atoms with Crippen LogP contribution in [0.1, 0.15) is 71.5 Å². The third-order valence-corrected chi connectivity index (χ3v) is 8.93. The molecule has 1 saturated carbocycles. The summed E-state index contributed by atoms with van der Waals surface area (Å²) in [6.45, 7) is 0.109. The highest BCUT2D eigenvalue weighted by molar-refractivity contribution is 7.22. The number of rotatable bonds is 10. The number of carboxylic acids is 1. The molecule has 1 aromatic heterocycles. The zero-order chi connectivity index (χ0) is 32.8. The van der Waals surface area contributed by atoms with E-state index in [1.54, 1.807) is 24.3 Å². The van der Waals surface area contributed by atoms with Gasteiger partial charge in [0.1, 0.15) is 5.75 Å². The number of anilines is 2. The molecule has 0 unspecified atom stereocenters. The van der Waals surface area contributed by atoms with Crippen LogP contribution < -0.4 is 20.3 Å². The summed E-state index contributed by atoms with van der Waals surface area (Å²) < 4.78 is 45.9. The van der Waals surface area contributed by atoms with Crippen molar-refractivity contribution in [2.75, 3.05) is 23.9 Å². The Hall–Kier alpha value is -4.65. The fourth-order valence-electron chi connectivity index (χ4n) is 5.50. The minimum Gasteiger partial charge on any atom is -0.495 e. The lowest BCUT2D eigenvalue weighted by Crippen LogP contribution is -2.34. The number of benzene rings is 3. The van der Waals surface area contributed by atoms with E-state index in [4.69, 9.17) is 9.84 Å². The number of carbonyl (C=O) groups is 3. The van der Waals surface area contributed by atoms with Gasteiger partial charge in [0, 0.05) is 17.8 Å². The predicted octanol–water partition coefficient (Wildman–Crippen LogP) is 7.81. The molecule has 0 spiro atoms. The van der Waals surface area contributed by atoms with Gasteiger partial charge >= 0.3 is 18.2 Å². The van der Waals surface area contributed by atoms with Crippen LogP contribution in [0.3, 0.4) is 0 Å². The van der Waals surface area contributed by atoms with Gasteiger partial charge < -0.3 is 15.2 Å².